The third-order valence-electron chi connectivity index (χ3n) is 4.37. The highest BCUT2D eigenvalue weighted by atomic mass is 16.3. The molecule has 0 radical (unpaired) electrons. The highest BCUT2D eigenvalue weighted by Gasteiger charge is 2.20. The van der Waals surface area contributed by atoms with Crippen LogP contribution in [0.15, 0.2) is 24.3 Å². The summed E-state index contributed by atoms with van der Waals surface area (Å²) in [6.07, 6.45) is 0.0878. The molecule has 0 spiro atoms. The topological polar surface area (TPSA) is 90.6 Å². The van der Waals surface area contributed by atoms with Crippen molar-refractivity contribution in [1.29, 1.82) is 0 Å². The number of aliphatic hydroxyl groups excluding tert-OH is 1. The minimum atomic E-state index is -0.877. The smallest absolute Gasteiger partial charge is 0.322 e. The van der Waals surface area contributed by atoms with Gasteiger partial charge in [-0.2, -0.15) is 5.10 Å². The lowest BCUT2D eigenvalue weighted by Gasteiger charge is -2.24. The van der Waals surface area contributed by atoms with Crippen molar-refractivity contribution in [3.63, 3.8) is 0 Å². The number of carbonyl (C=O) groups excluding carboxylic acids is 1. The van der Waals surface area contributed by atoms with Gasteiger partial charge >= 0.3 is 6.03 Å². The van der Waals surface area contributed by atoms with Crippen molar-refractivity contribution in [2.45, 2.75) is 46.8 Å². The van der Waals surface area contributed by atoms with E-state index in [1.807, 2.05) is 25.5 Å². The SMILES string of the molecule is CCCn1nc(C)c(NC(=O)N(CC)CC(O)c2cccc(O)c2)c1C. The molecule has 7 heteroatoms. The first-order chi connectivity index (χ1) is 12.4. The zero-order valence-electron chi connectivity index (χ0n) is 15.9. The number of hydrogen-bond acceptors (Lipinski definition) is 4. The van der Waals surface area contributed by atoms with E-state index in [1.165, 1.54) is 11.0 Å². The number of nitrogens with one attached hydrogen (secondary N) is 1. The van der Waals surface area contributed by atoms with E-state index in [0.717, 1.165) is 24.4 Å². The molecule has 0 aliphatic heterocycles. The summed E-state index contributed by atoms with van der Waals surface area (Å²) in [7, 11) is 0. The zero-order chi connectivity index (χ0) is 19.3. The van der Waals surface area contributed by atoms with Crippen LogP contribution < -0.4 is 5.32 Å². The second kappa shape index (κ2) is 8.71. The largest absolute Gasteiger partial charge is 0.508 e. The number of aryl methyl sites for hydroxylation is 2. The van der Waals surface area contributed by atoms with Gasteiger partial charge in [-0.15, -0.1) is 0 Å². The molecule has 26 heavy (non-hydrogen) atoms. The number of phenolic OH excluding ortho intramolecular Hbond substituents is 1. The molecule has 2 amide bonds. The van der Waals surface area contributed by atoms with Gasteiger partial charge in [-0.1, -0.05) is 19.1 Å². The van der Waals surface area contributed by atoms with Crippen LogP contribution in [-0.2, 0) is 6.54 Å². The summed E-state index contributed by atoms with van der Waals surface area (Å²) in [6.45, 7) is 9.12. The van der Waals surface area contributed by atoms with E-state index in [9.17, 15) is 15.0 Å². The maximum absolute atomic E-state index is 12.7. The maximum Gasteiger partial charge on any atom is 0.322 e. The minimum Gasteiger partial charge on any atom is -0.508 e. The van der Waals surface area contributed by atoms with E-state index in [2.05, 4.69) is 17.3 Å². The number of phenols is 1. The van der Waals surface area contributed by atoms with Crippen LogP contribution >= 0.6 is 0 Å². The molecule has 0 bridgehead atoms. The molecular formula is C19H28N4O3. The predicted octanol–water partition coefficient (Wildman–Crippen LogP) is 3.20. The van der Waals surface area contributed by atoms with Crippen LogP contribution in [0.5, 0.6) is 5.75 Å². The molecule has 2 aromatic rings. The Hall–Kier alpha value is -2.54. The lowest BCUT2D eigenvalue weighted by atomic mass is 10.1. The van der Waals surface area contributed by atoms with Crippen LogP contribution in [-0.4, -0.2) is 44.0 Å². The fraction of sp³-hybridized carbons (Fsp3) is 0.474. The Morgan fingerprint density at radius 2 is 2.08 bits per heavy atom. The number of rotatable bonds is 7. The minimum absolute atomic E-state index is 0.0867. The fourth-order valence-corrected chi connectivity index (χ4v) is 2.90. The Kier molecular flexibility index (Phi) is 6.63. The van der Waals surface area contributed by atoms with Gasteiger partial charge in [0, 0.05) is 13.1 Å². The van der Waals surface area contributed by atoms with Crippen LogP contribution in [0.1, 0.15) is 43.3 Å². The number of aliphatic hydroxyl groups is 1. The molecule has 0 saturated carbocycles. The predicted molar refractivity (Wildman–Crippen MR) is 101 cm³/mol. The van der Waals surface area contributed by atoms with Crippen LogP contribution in [0.2, 0.25) is 0 Å². The van der Waals surface area contributed by atoms with Crippen molar-refractivity contribution in [2.24, 2.45) is 0 Å². The number of urea groups is 1. The number of benzene rings is 1. The summed E-state index contributed by atoms with van der Waals surface area (Å²) in [4.78, 5) is 14.2. The lowest BCUT2D eigenvalue weighted by molar-refractivity contribution is 0.128. The van der Waals surface area contributed by atoms with Gasteiger partial charge < -0.3 is 20.4 Å². The van der Waals surface area contributed by atoms with Crippen LogP contribution in [0.4, 0.5) is 10.5 Å². The van der Waals surface area contributed by atoms with Crippen molar-refractivity contribution in [1.82, 2.24) is 14.7 Å². The number of nitrogens with zero attached hydrogens (tertiary/aromatic N) is 3. The quantitative estimate of drug-likeness (QED) is 0.707. The molecule has 1 unspecified atom stereocenters. The van der Waals surface area contributed by atoms with Gasteiger partial charge in [0.15, 0.2) is 0 Å². The number of aromatic nitrogens is 2. The second-order valence-corrected chi connectivity index (χ2v) is 6.35. The number of hydrogen-bond donors (Lipinski definition) is 3. The van der Waals surface area contributed by atoms with Gasteiger partial charge in [0.25, 0.3) is 0 Å². The van der Waals surface area contributed by atoms with E-state index < -0.39 is 6.10 Å². The molecule has 1 atom stereocenters. The summed E-state index contributed by atoms with van der Waals surface area (Å²) in [5.74, 6) is 0.0867. The van der Waals surface area contributed by atoms with Crippen molar-refractivity contribution in [2.75, 3.05) is 18.4 Å². The Labute approximate surface area is 154 Å². The normalized spacial score (nSPS) is 12.0. The van der Waals surface area contributed by atoms with Crippen LogP contribution in [0, 0.1) is 13.8 Å². The number of aromatic hydroxyl groups is 1. The molecule has 0 aliphatic carbocycles. The van der Waals surface area contributed by atoms with Gasteiger partial charge in [0.2, 0.25) is 0 Å². The molecule has 1 heterocycles. The Bertz CT molecular complexity index is 757. The van der Waals surface area contributed by atoms with E-state index in [4.69, 9.17) is 0 Å². The molecule has 7 nitrogen and oxygen atoms in total. The van der Waals surface area contributed by atoms with Gasteiger partial charge in [-0.3, -0.25) is 4.68 Å². The van der Waals surface area contributed by atoms with Gasteiger partial charge in [-0.05, 0) is 44.9 Å². The number of likely N-dealkylation sites (N-methyl/N-ethyl adjacent to an activating group) is 1. The second-order valence-electron chi connectivity index (χ2n) is 6.35. The molecule has 2 rings (SSSR count). The first kappa shape index (κ1) is 19.8. The summed E-state index contributed by atoms with van der Waals surface area (Å²) < 4.78 is 1.89. The van der Waals surface area contributed by atoms with E-state index >= 15 is 0 Å². The average molecular weight is 360 g/mol. The first-order valence-corrected chi connectivity index (χ1v) is 8.94. The molecule has 3 N–H and O–H groups in total. The Balaban J connectivity index is 2.09. The number of anilines is 1. The maximum atomic E-state index is 12.7. The monoisotopic (exact) mass is 360 g/mol. The highest BCUT2D eigenvalue weighted by molar-refractivity contribution is 5.90. The third-order valence-corrected chi connectivity index (χ3v) is 4.37. The van der Waals surface area contributed by atoms with E-state index in [1.54, 1.807) is 18.2 Å². The highest BCUT2D eigenvalue weighted by Crippen LogP contribution is 2.22. The summed E-state index contributed by atoms with van der Waals surface area (Å²) in [6, 6.07) is 6.15. The third kappa shape index (κ3) is 4.54. The average Bonchev–Trinajstić information content (AvgIpc) is 2.87. The van der Waals surface area contributed by atoms with Gasteiger partial charge in [-0.25, -0.2) is 4.79 Å². The first-order valence-electron chi connectivity index (χ1n) is 8.94. The van der Waals surface area contributed by atoms with Crippen molar-refractivity contribution in [3.05, 3.63) is 41.2 Å². The van der Waals surface area contributed by atoms with Crippen molar-refractivity contribution in [3.8, 4) is 5.75 Å². The van der Waals surface area contributed by atoms with Gasteiger partial charge in [0.1, 0.15) is 5.75 Å². The van der Waals surface area contributed by atoms with E-state index in [0.29, 0.717) is 17.8 Å². The molecule has 1 aromatic heterocycles. The number of carbonyl (C=O) groups is 1. The number of amides is 2. The standard InChI is InChI=1S/C19H28N4O3/c1-5-10-23-14(4)18(13(3)21-23)20-19(26)22(6-2)12-17(25)15-8-7-9-16(24)11-15/h7-9,11,17,24-25H,5-6,10,12H2,1-4H3,(H,20,26). The van der Waals surface area contributed by atoms with Crippen LogP contribution in [0.3, 0.4) is 0 Å². The van der Waals surface area contributed by atoms with Gasteiger partial charge in [0.05, 0.1) is 29.7 Å². The molecule has 0 saturated heterocycles. The van der Waals surface area contributed by atoms with Crippen molar-refractivity contribution >= 4 is 11.7 Å². The Morgan fingerprint density at radius 1 is 1.35 bits per heavy atom. The molecule has 1 aromatic carbocycles. The van der Waals surface area contributed by atoms with Crippen molar-refractivity contribution < 1.29 is 15.0 Å². The lowest BCUT2D eigenvalue weighted by Crippen LogP contribution is -2.38. The molecular weight excluding hydrogens is 332 g/mol. The molecule has 0 fully saturated rings. The fourth-order valence-electron chi connectivity index (χ4n) is 2.90. The van der Waals surface area contributed by atoms with Crippen LogP contribution in [0.25, 0.3) is 0 Å². The zero-order valence-corrected chi connectivity index (χ0v) is 15.9. The molecule has 0 aliphatic rings. The Morgan fingerprint density at radius 3 is 2.69 bits per heavy atom. The summed E-state index contributed by atoms with van der Waals surface area (Å²) in [5, 5.41) is 27.3. The summed E-state index contributed by atoms with van der Waals surface area (Å²) >= 11 is 0. The van der Waals surface area contributed by atoms with E-state index in [-0.39, 0.29) is 18.3 Å². The molecule has 142 valence electrons. The summed E-state index contributed by atoms with van der Waals surface area (Å²) in [5.41, 5.74) is 2.98.